The highest BCUT2D eigenvalue weighted by atomic mass is 16.5. The minimum atomic E-state index is -1.02. The second-order valence-electron chi connectivity index (χ2n) is 13.7. The summed E-state index contributed by atoms with van der Waals surface area (Å²) in [5, 5.41) is 17.3. The van der Waals surface area contributed by atoms with Gasteiger partial charge in [0.1, 0.15) is 22.3 Å². The minimum absolute atomic E-state index is 0.781. The van der Waals surface area contributed by atoms with Crippen LogP contribution in [0.15, 0.2) is 130 Å². The SMILES string of the molecule is CC(C)(O)C(C)(C)O[B]c1ccc2c(c1)c1cc(-c3cccc4c3oc3ccccc34)ccc1n2-c1ccc2oc3ccccc3c2c1. The van der Waals surface area contributed by atoms with Gasteiger partial charge < -0.3 is 23.2 Å². The van der Waals surface area contributed by atoms with Gasteiger partial charge in [0, 0.05) is 43.6 Å². The number of rotatable bonds is 6. The Bertz CT molecular complexity index is 2700. The third-order valence-electron chi connectivity index (χ3n) is 10.1. The van der Waals surface area contributed by atoms with E-state index in [2.05, 4.69) is 95.6 Å². The van der Waals surface area contributed by atoms with Crippen molar-refractivity contribution in [2.45, 2.75) is 38.9 Å². The van der Waals surface area contributed by atoms with Crippen LogP contribution in [0.1, 0.15) is 27.7 Å². The molecule has 9 rings (SSSR count). The molecule has 0 amide bonds. The average Bonchev–Trinajstić information content (AvgIpc) is 3.75. The predicted molar refractivity (Wildman–Crippen MR) is 198 cm³/mol. The fourth-order valence-electron chi connectivity index (χ4n) is 6.75. The summed E-state index contributed by atoms with van der Waals surface area (Å²) in [5.41, 5.74) is 7.98. The van der Waals surface area contributed by atoms with E-state index in [1.807, 2.05) is 44.2 Å². The summed E-state index contributed by atoms with van der Waals surface area (Å²) >= 11 is 0. The van der Waals surface area contributed by atoms with Crippen LogP contribution in [0.3, 0.4) is 0 Å². The fourth-order valence-corrected chi connectivity index (χ4v) is 6.75. The Morgan fingerprint density at radius 3 is 2.00 bits per heavy atom. The van der Waals surface area contributed by atoms with E-state index >= 15 is 0 Å². The molecule has 6 heteroatoms. The van der Waals surface area contributed by atoms with Crippen molar-refractivity contribution in [1.29, 1.82) is 0 Å². The van der Waals surface area contributed by atoms with Gasteiger partial charge in [-0.05, 0) is 81.8 Å². The van der Waals surface area contributed by atoms with Gasteiger partial charge in [0.25, 0.3) is 0 Å². The summed E-state index contributed by atoms with van der Waals surface area (Å²) < 4.78 is 21.1. The molecule has 0 aliphatic heterocycles. The Hall–Kier alpha value is -5.30. The van der Waals surface area contributed by atoms with E-state index in [-0.39, 0.29) is 0 Å². The maximum atomic E-state index is 10.7. The van der Waals surface area contributed by atoms with E-state index in [0.29, 0.717) is 0 Å². The van der Waals surface area contributed by atoms with Crippen molar-refractivity contribution >= 4 is 78.6 Å². The molecule has 1 N–H and O–H groups in total. The van der Waals surface area contributed by atoms with Crippen LogP contribution in [0.2, 0.25) is 0 Å². The van der Waals surface area contributed by atoms with Crippen LogP contribution in [0, 0.1) is 0 Å². The second kappa shape index (κ2) is 10.4. The van der Waals surface area contributed by atoms with Crippen LogP contribution >= 0.6 is 0 Å². The zero-order valence-electron chi connectivity index (χ0n) is 27.2. The van der Waals surface area contributed by atoms with E-state index in [0.717, 1.165) is 88.0 Å². The molecular weight excluding hydrogens is 593 g/mol. The van der Waals surface area contributed by atoms with Crippen molar-refractivity contribution in [1.82, 2.24) is 4.57 Å². The van der Waals surface area contributed by atoms with Crippen molar-refractivity contribution in [2.75, 3.05) is 0 Å². The topological polar surface area (TPSA) is 60.7 Å². The predicted octanol–water partition coefficient (Wildman–Crippen LogP) is 10.1. The molecule has 0 bridgehead atoms. The highest BCUT2D eigenvalue weighted by Gasteiger charge is 2.35. The van der Waals surface area contributed by atoms with Gasteiger partial charge >= 0.3 is 7.48 Å². The number of aromatic nitrogens is 1. The molecule has 0 saturated heterocycles. The van der Waals surface area contributed by atoms with Crippen molar-refractivity contribution in [3.8, 4) is 16.8 Å². The largest absolute Gasteiger partial charge is 0.456 e. The van der Waals surface area contributed by atoms with E-state index in [9.17, 15) is 5.11 Å². The number of para-hydroxylation sites is 3. The van der Waals surface area contributed by atoms with Gasteiger partial charge in [-0.15, -0.1) is 0 Å². The average molecular weight is 627 g/mol. The molecule has 1 radical (unpaired) electrons. The number of hydrogen-bond donors (Lipinski definition) is 1. The Balaban J connectivity index is 1.26. The lowest BCUT2D eigenvalue weighted by Crippen LogP contribution is -2.49. The molecule has 0 atom stereocenters. The lowest BCUT2D eigenvalue weighted by atomic mass is 9.82. The van der Waals surface area contributed by atoms with Crippen LogP contribution in [-0.4, -0.2) is 28.4 Å². The van der Waals surface area contributed by atoms with Gasteiger partial charge in [-0.25, -0.2) is 0 Å². The van der Waals surface area contributed by atoms with Crippen molar-refractivity contribution in [2.24, 2.45) is 0 Å². The van der Waals surface area contributed by atoms with Gasteiger partial charge in [0.15, 0.2) is 0 Å². The normalized spacial score (nSPS) is 12.8. The maximum absolute atomic E-state index is 10.7. The molecule has 0 spiro atoms. The first kappa shape index (κ1) is 28.9. The number of nitrogens with zero attached hydrogens (tertiary/aromatic N) is 1. The number of aliphatic hydroxyl groups is 1. The molecule has 0 aliphatic carbocycles. The summed E-state index contributed by atoms with van der Waals surface area (Å²) in [6, 6.07) is 42.2. The summed E-state index contributed by atoms with van der Waals surface area (Å²) in [6.07, 6.45) is 0. The van der Waals surface area contributed by atoms with Gasteiger partial charge in [-0.1, -0.05) is 78.3 Å². The molecule has 9 aromatic rings. The van der Waals surface area contributed by atoms with E-state index < -0.39 is 11.2 Å². The molecular formula is C42H33BNO4. The van der Waals surface area contributed by atoms with Gasteiger partial charge in [0.2, 0.25) is 0 Å². The Labute approximate surface area is 278 Å². The molecule has 0 fully saturated rings. The first-order chi connectivity index (χ1) is 23.2. The molecule has 3 aromatic heterocycles. The van der Waals surface area contributed by atoms with E-state index in [1.54, 1.807) is 21.3 Å². The first-order valence-electron chi connectivity index (χ1n) is 16.3. The Morgan fingerprint density at radius 2 is 1.23 bits per heavy atom. The highest BCUT2D eigenvalue weighted by Crippen LogP contribution is 2.40. The molecule has 48 heavy (non-hydrogen) atoms. The maximum Gasteiger partial charge on any atom is 0.330 e. The van der Waals surface area contributed by atoms with Crippen LogP contribution in [0.4, 0.5) is 0 Å². The van der Waals surface area contributed by atoms with Gasteiger partial charge in [-0.2, -0.15) is 0 Å². The van der Waals surface area contributed by atoms with Crippen LogP contribution in [0.25, 0.3) is 82.5 Å². The standard InChI is InChI=1S/C42H33BNO4/c1-41(2,45)42(3,4)48-43-26-17-20-36-33(23-26)32-22-25(28-12-9-13-31-29-10-5-8-15-38(29)47-40(28)31)16-19-35(32)44(36)27-18-21-39-34(24-27)30-11-6-7-14-37(30)46-39/h5-24,45H,1-4H3. The number of benzene rings is 6. The molecule has 0 saturated carbocycles. The van der Waals surface area contributed by atoms with E-state index in [4.69, 9.17) is 13.5 Å². The molecule has 0 unspecified atom stereocenters. The lowest BCUT2D eigenvalue weighted by molar-refractivity contribution is -0.0893. The first-order valence-corrected chi connectivity index (χ1v) is 16.3. The molecule has 3 heterocycles. The number of furan rings is 2. The Morgan fingerprint density at radius 1 is 0.583 bits per heavy atom. The quantitative estimate of drug-likeness (QED) is 0.187. The third kappa shape index (κ3) is 4.40. The van der Waals surface area contributed by atoms with E-state index in [1.165, 1.54) is 0 Å². The lowest BCUT2D eigenvalue weighted by Gasteiger charge is -2.37. The molecule has 233 valence electrons. The van der Waals surface area contributed by atoms with Crippen LogP contribution in [0.5, 0.6) is 0 Å². The highest BCUT2D eigenvalue weighted by molar-refractivity contribution is 6.47. The van der Waals surface area contributed by atoms with Crippen molar-refractivity contribution < 1.29 is 18.6 Å². The smallest absolute Gasteiger partial charge is 0.330 e. The van der Waals surface area contributed by atoms with Crippen molar-refractivity contribution in [3.05, 3.63) is 121 Å². The monoisotopic (exact) mass is 626 g/mol. The van der Waals surface area contributed by atoms with Crippen LogP contribution in [-0.2, 0) is 4.65 Å². The van der Waals surface area contributed by atoms with Gasteiger partial charge in [0.05, 0.1) is 22.2 Å². The molecule has 6 aromatic carbocycles. The molecule has 0 aliphatic rings. The number of hydrogen-bond acceptors (Lipinski definition) is 4. The summed E-state index contributed by atoms with van der Waals surface area (Å²) in [6.45, 7) is 7.33. The zero-order valence-corrected chi connectivity index (χ0v) is 27.2. The zero-order chi connectivity index (χ0) is 32.8. The summed E-state index contributed by atoms with van der Waals surface area (Å²) in [4.78, 5) is 0. The van der Waals surface area contributed by atoms with Gasteiger partial charge in [-0.3, -0.25) is 0 Å². The summed E-state index contributed by atoms with van der Waals surface area (Å²) in [5.74, 6) is 0. The number of fused-ring (bicyclic) bond motifs is 9. The Kier molecular flexibility index (Phi) is 6.23. The fraction of sp³-hybridized carbons (Fsp3) is 0.143. The summed E-state index contributed by atoms with van der Waals surface area (Å²) in [7, 11) is 1.75. The third-order valence-corrected chi connectivity index (χ3v) is 10.1. The minimum Gasteiger partial charge on any atom is -0.456 e. The molecule has 5 nitrogen and oxygen atoms in total. The van der Waals surface area contributed by atoms with Crippen molar-refractivity contribution in [3.63, 3.8) is 0 Å². The van der Waals surface area contributed by atoms with Crippen LogP contribution < -0.4 is 5.46 Å². The second-order valence-corrected chi connectivity index (χ2v) is 13.7.